The molecule has 1 saturated heterocycles. The molecule has 1 aliphatic rings. The van der Waals surface area contributed by atoms with Crippen molar-refractivity contribution in [2.24, 2.45) is 0 Å². The summed E-state index contributed by atoms with van der Waals surface area (Å²) in [6.07, 6.45) is 1.92. The standard InChI is InChI=1S/C12H14N4O4/c1-20-12(19)6-4-9(14-5-7(6)13)15-8-2-3-10(17)16-11(8)18/h4-5,8H,2-3,13H2,1H3,(H,14,15)(H,16,17,18). The smallest absolute Gasteiger partial charge is 0.340 e. The molecule has 2 amide bonds. The summed E-state index contributed by atoms with van der Waals surface area (Å²) >= 11 is 0. The van der Waals surface area contributed by atoms with E-state index in [0.717, 1.165) is 0 Å². The van der Waals surface area contributed by atoms with Gasteiger partial charge in [-0.2, -0.15) is 0 Å². The van der Waals surface area contributed by atoms with Crippen LogP contribution in [0.5, 0.6) is 0 Å². The summed E-state index contributed by atoms with van der Waals surface area (Å²) in [4.78, 5) is 38.2. The lowest BCUT2D eigenvalue weighted by Gasteiger charge is -2.22. The van der Waals surface area contributed by atoms with Crippen LogP contribution < -0.4 is 16.4 Å². The molecule has 2 rings (SSSR count). The molecule has 0 bridgehead atoms. The van der Waals surface area contributed by atoms with Crippen molar-refractivity contribution in [3.8, 4) is 0 Å². The van der Waals surface area contributed by atoms with Gasteiger partial charge in [-0.05, 0) is 12.5 Å². The van der Waals surface area contributed by atoms with Gasteiger partial charge < -0.3 is 15.8 Å². The lowest BCUT2D eigenvalue weighted by atomic mass is 10.1. The summed E-state index contributed by atoms with van der Waals surface area (Å²) in [5.74, 6) is -0.988. The zero-order valence-corrected chi connectivity index (χ0v) is 10.8. The van der Waals surface area contributed by atoms with E-state index in [2.05, 4.69) is 20.4 Å². The lowest BCUT2D eigenvalue weighted by Crippen LogP contribution is -2.47. The minimum Gasteiger partial charge on any atom is -0.465 e. The molecule has 1 unspecified atom stereocenters. The van der Waals surface area contributed by atoms with Gasteiger partial charge in [-0.3, -0.25) is 14.9 Å². The Kier molecular flexibility index (Phi) is 3.83. The third-order valence-electron chi connectivity index (χ3n) is 2.90. The van der Waals surface area contributed by atoms with E-state index in [1.54, 1.807) is 0 Å². The van der Waals surface area contributed by atoms with Crippen LogP contribution in [0.3, 0.4) is 0 Å². The number of methoxy groups -OCH3 is 1. The average Bonchev–Trinajstić information content (AvgIpc) is 2.43. The number of hydrogen-bond donors (Lipinski definition) is 3. The van der Waals surface area contributed by atoms with Gasteiger partial charge in [0.15, 0.2) is 0 Å². The Bertz CT molecular complexity index is 573. The number of amides is 2. The highest BCUT2D eigenvalue weighted by Crippen LogP contribution is 2.18. The first-order valence-corrected chi connectivity index (χ1v) is 5.95. The van der Waals surface area contributed by atoms with Crippen molar-refractivity contribution in [3.05, 3.63) is 17.8 Å². The molecule has 0 saturated carbocycles. The quantitative estimate of drug-likeness (QED) is 0.510. The topological polar surface area (TPSA) is 123 Å². The SMILES string of the molecule is COC(=O)c1cc(NC2CCC(=O)NC2=O)ncc1N. The number of nitrogen functional groups attached to an aromatic ring is 1. The number of rotatable bonds is 3. The number of ether oxygens (including phenoxy) is 1. The molecule has 20 heavy (non-hydrogen) atoms. The van der Waals surface area contributed by atoms with E-state index in [1.165, 1.54) is 19.4 Å². The zero-order chi connectivity index (χ0) is 14.7. The summed E-state index contributed by atoms with van der Waals surface area (Å²) < 4.78 is 4.60. The number of nitrogens with one attached hydrogen (secondary N) is 2. The molecule has 1 aromatic heterocycles. The van der Waals surface area contributed by atoms with E-state index in [1.807, 2.05) is 0 Å². The summed E-state index contributed by atoms with van der Waals surface area (Å²) in [7, 11) is 1.25. The molecule has 8 heteroatoms. The number of imide groups is 1. The van der Waals surface area contributed by atoms with Gasteiger partial charge in [-0.25, -0.2) is 9.78 Å². The van der Waals surface area contributed by atoms with E-state index < -0.39 is 17.9 Å². The predicted octanol–water partition coefficient (Wildman–Crippen LogP) is -0.333. The molecule has 0 radical (unpaired) electrons. The number of hydrogen-bond acceptors (Lipinski definition) is 7. The minimum atomic E-state index is -0.587. The highest BCUT2D eigenvalue weighted by Gasteiger charge is 2.26. The van der Waals surface area contributed by atoms with E-state index in [4.69, 9.17) is 5.73 Å². The number of aromatic nitrogens is 1. The Balaban J connectivity index is 2.16. The first-order valence-electron chi connectivity index (χ1n) is 5.95. The zero-order valence-electron chi connectivity index (χ0n) is 10.8. The summed E-state index contributed by atoms with van der Waals surface area (Å²) in [5, 5.41) is 5.08. The van der Waals surface area contributed by atoms with Crippen LogP contribution in [-0.4, -0.2) is 35.9 Å². The Labute approximate surface area is 114 Å². The summed E-state index contributed by atoms with van der Waals surface area (Å²) in [6.45, 7) is 0. The number of carbonyl (C=O) groups is 3. The Hall–Kier alpha value is -2.64. The van der Waals surface area contributed by atoms with Crippen molar-refractivity contribution in [3.63, 3.8) is 0 Å². The molecule has 0 aromatic carbocycles. The molecular weight excluding hydrogens is 264 g/mol. The Morgan fingerprint density at radius 3 is 2.95 bits per heavy atom. The van der Waals surface area contributed by atoms with Gasteiger partial charge >= 0.3 is 5.97 Å². The fourth-order valence-corrected chi connectivity index (χ4v) is 1.84. The van der Waals surface area contributed by atoms with Gasteiger partial charge in [0.25, 0.3) is 0 Å². The molecule has 0 spiro atoms. The van der Waals surface area contributed by atoms with Crippen LogP contribution in [0, 0.1) is 0 Å². The normalized spacial score (nSPS) is 18.4. The predicted molar refractivity (Wildman–Crippen MR) is 69.8 cm³/mol. The number of esters is 1. The van der Waals surface area contributed by atoms with E-state index >= 15 is 0 Å². The number of pyridine rings is 1. The van der Waals surface area contributed by atoms with Crippen LogP contribution in [0.1, 0.15) is 23.2 Å². The second-order valence-corrected chi connectivity index (χ2v) is 4.30. The maximum absolute atomic E-state index is 11.6. The number of nitrogens with zero attached hydrogens (tertiary/aromatic N) is 1. The average molecular weight is 278 g/mol. The van der Waals surface area contributed by atoms with Crippen LogP contribution in [0.4, 0.5) is 11.5 Å². The molecule has 8 nitrogen and oxygen atoms in total. The number of anilines is 2. The van der Waals surface area contributed by atoms with Crippen LogP contribution in [0.15, 0.2) is 12.3 Å². The second-order valence-electron chi connectivity index (χ2n) is 4.30. The van der Waals surface area contributed by atoms with Crippen molar-refractivity contribution in [1.29, 1.82) is 0 Å². The molecule has 1 aliphatic heterocycles. The summed E-state index contributed by atoms with van der Waals surface area (Å²) in [6, 6.07) is 0.833. The molecule has 106 valence electrons. The van der Waals surface area contributed by atoms with Crippen molar-refractivity contribution in [2.45, 2.75) is 18.9 Å². The van der Waals surface area contributed by atoms with Crippen molar-refractivity contribution in [1.82, 2.24) is 10.3 Å². The molecular formula is C12H14N4O4. The number of piperidine rings is 1. The largest absolute Gasteiger partial charge is 0.465 e. The van der Waals surface area contributed by atoms with Gasteiger partial charge in [0.1, 0.15) is 11.9 Å². The van der Waals surface area contributed by atoms with Crippen LogP contribution in [0.25, 0.3) is 0 Å². The first kappa shape index (κ1) is 13.8. The maximum atomic E-state index is 11.6. The van der Waals surface area contributed by atoms with Crippen LogP contribution in [0.2, 0.25) is 0 Å². The third-order valence-corrected chi connectivity index (χ3v) is 2.90. The van der Waals surface area contributed by atoms with E-state index in [9.17, 15) is 14.4 Å². The van der Waals surface area contributed by atoms with Crippen molar-refractivity contribution in [2.75, 3.05) is 18.2 Å². The molecule has 2 heterocycles. The monoisotopic (exact) mass is 278 g/mol. The molecule has 1 aromatic rings. The molecule has 4 N–H and O–H groups in total. The van der Waals surface area contributed by atoms with Gasteiger partial charge in [-0.15, -0.1) is 0 Å². The lowest BCUT2D eigenvalue weighted by molar-refractivity contribution is -0.133. The number of carbonyl (C=O) groups excluding carboxylic acids is 3. The molecule has 1 fully saturated rings. The maximum Gasteiger partial charge on any atom is 0.340 e. The van der Waals surface area contributed by atoms with E-state index in [0.29, 0.717) is 12.2 Å². The molecule has 0 aliphatic carbocycles. The Morgan fingerprint density at radius 2 is 2.30 bits per heavy atom. The number of nitrogens with two attached hydrogens (primary N) is 1. The Morgan fingerprint density at radius 1 is 1.55 bits per heavy atom. The van der Waals surface area contributed by atoms with Crippen LogP contribution >= 0.6 is 0 Å². The van der Waals surface area contributed by atoms with E-state index in [-0.39, 0.29) is 23.6 Å². The second kappa shape index (κ2) is 5.55. The van der Waals surface area contributed by atoms with Gasteiger partial charge in [0.05, 0.1) is 24.6 Å². The van der Waals surface area contributed by atoms with Crippen LogP contribution in [-0.2, 0) is 14.3 Å². The fourth-order valence-electron chi connectivity index (χ4n) is 1.84. The first-order chi connectivity index (χ1) is 9.51. The highest BCUT2D eigenvalue weighted by atomic mass is 16.5. The van der Waals surface area contributed by atoms with Crippen molar-refractivity contribution >= 4 is 29.3 Å². The third kappa shape index (κ3) is 2.85. The van der Waals surface area contributed by atoms with Crippen molar-refractivity contribution < 1.29 is 19.1 Å². The molecule has 1 atom stereocenters. The summed E-state index contributed by atoms with van der Waals surface area (Å²) in [5.41, 5.74) is 5.98. The fraction of sp³-hybridized carbons (Fsp3) is 0.333. The minimum absolute atomic E-state index is 0.164. The van der Waals surface area contributed by atoms with Gasteiger partial charge in [-0.1, -0.05) is 0 Å². The highest BCUT2D eigenvalue weighted by molar-refractivity contribution is 6.01. The van der Waals surface area contributed by atoms with Gasteiger partial charge in [0.2, 0.25) is 11.8 Å². The van der Waals surface area contributed by atoms with Gasteiger partial charge in [0, 0.05) is 6.42 Å².